The number of carbonyl (C=O) groups excluding carboxylic acids is 4. The van der Waals surface area contributed by atoms with E-state index in [4.69, 9.17) is 14.6 Å². The smallest absolute Gasteiger partial charge is 0.407 e. The number of benzene rings is 2. The Morgan fingerprint density at radius 3 is 2.18 bits per heavy atom. The van der Waals surface area contributed by atoms with Crippen molar-refractivity contribution < 1.29 is 43.7 Å². The number of nitrogens with zero attached hydrogens (tertiary/aromatic N) is 5. The van der Waals surface area contributed by atoms with Crippen LogP contribution in [-0.4, -0.2) is 114 Å². The second-order valence-electron chi connectivity index (χ2n) is 16.4. The van der Waals surface area contributed by atoms with Gasteiger partial charge in [0.2, 0.25) is 11.8 Å². The summed E-state index contributed by atoms with van der Waals surface area (Å²) in [5.41, 5.74) is 4.38. The third-order valence-corrected chi connectivity index (χ3v) is 10.7. The molecule has 2 aliphatic rings. The number of likely N-dealkylation sites (tertiary alicyclic amines) is 1. The number of aryl methyl sites for hydroxylation is 1. The highest BCUT2D eigenvalue weighted by molar-refractivity contribution is 5.98. The van der Waals surface area contributed by atoms with Gasteiger partial charge < -0.3 is 41.1 Å². The highest BCUT2D eigenvalue weighted by atomic mass is 16.6. The fourth-order valence-electron chi connectivity index (χ4n) is 7.40. The van der Waals surface area contributed by atoms with Crippen LogP contribution in [-0.2, 0) is 25.5 Å². The van der Waals surface area contributed by atoms with Crippen LogP contribution in [0.4, 0.5) is 15.3 Å². The van der Waals surface area contributed by atoms with Crippen LogP contribution in [0.15, 0.2) is 60.8 Å². The maximum atomic E-state index is 13.9. The number of alkyl carbamates (subject to hydrolysis) is 1. The van der Waals surface area contributed by atoms with E-state index in [1.54, 1.807) is 36.5 Å². The number of carboxylic acid groups (broad SMARTS) is 2. The van der Waals surface area contributed by atoms with Gasteiger partial charge in [-0.3, -0.25) is 24.2 Å². The quantitative estimate of drug-likeness (QED) is 0.0945. The fourth-order valence-corrected chi connectivity index (χ4v) is 7.40. The molecule has 5 amide bonds. The van der Waals surface area contributed by atoms with Gasteiger partial charge in [-0.25, -0.2) is 14.7 Å². The number of aromatic nitrogens is 5. The lowest BCUT2D eigenvalue weighted by Crippen LogP contribution is -2.48. The van der Waals surface area contributed by atoms with E-state index in [-0.39, 0.29) is 54.2 Å². The second kappa shape index (κ2) is 21.6. The number of H-pyrrole nitrogens is 1. The van der Waals surface area contributed by atoms with Crippen molar-refractivity contribution in [2.75, 3.05) is 25.0 Å². The molecule has 62 heavy (non-hydrogen) atoms. The maximum absolute atomic E-state index is 13.9. The standard InChI is InChI=1S/C42H52N10O7.CH2O2/c1-25-21-34(38(54)46-32-17-19-52(20-18-32)41(57)58)43-24-33(25)28-9-5-26(6-10-28)22-35(39(55)45-31-15-13-29(14-16-31)36-48-50-51-49-36)47-37(53)30-11-7-27(8-12-30)23-44-40(56)59-42(2,3)4;2-1-3/h5-6,9-10,13-16,21,24,27,30,32,35H,7-8,11-12,17-20,22-23H2,1-4H3,(H,44,56)(H,45,55)(H,46,54)(H,47,53)(H,57,58)(H,48,49,50,51);1H,(H,2,3)/t27-,30-,35-;/m0./s1. The number of ether oxygens (including phenoxy) is 1. The molecule has 0 unspecified atom stereocenters. The Labute approximate surface area is 358 Å². The number of carbonyl (C=O) groups is 6. The van der Waals surface area contributed by atoms with Crippen molar-refractivity contribution in [1.82, 2.24) is 46.5 Å². The number of hydrogen-bond acceptors (Lipinski definition) is 11. The zero-order valence-electron chi connectivity index (χ0n) is 35.2. The van der Waals surface area contributed by atoms with Gasteiger partial charge in [0.1, 0.15) is 17.3 Å². The topological polar surface area (TPSA) is 271 Å². The van der Waals surface area contributed by atoms with E-state index < -0.39 is 23.8 Å². The van der Waals surface area contributed by atoms with Crippen molar-refractivity contribution >= 4 is 42.1 Å². The van der Waals surface area contributed by atoms with Gasteiger partial charge in [-0.05, 0) is 130 Å². The Hall–Kier alpha value is -6.92. The third kappa shape index (κ3) is 13.5. The van der Waals surface area contributed by atoms with Crippen molar-refractivity contribution in [1.29, 1.82) is 0 Å². The van der Waals surface area contributed by atoms with Crippen LogP contribution in [0.5, 0.6) is 0 Å². The molecular weight excluding hydrogens is 801 g/mol. The lowest BCUT2D eigenvalue weighted by Gasteiger charge is -2.30. The third-order valence-electron chi connectivity index (χ3n) is 10.7. The summed E-state index contributed by atoms with van der Waals surface area (Å²) in [4.78, 5) is 78.1. The highest BCUT2D eigenvalue weighted by Crippen LogP contribution is 2.29. The fraction of sp³-hybridized carbons (Fsp3) is 0.442. The number of aromatic amines is 1. The van der Waals surface area contributed by atoms with E-state index in [9.17, 15) is 29.1 Å². The van der Waals surface area contributed by atoms with Crippen molar-refractivity contribution in [3.63, 3.8) is 0 Å². The Morgan fingerprint density at radius 1 is 0.952 bits per heavy atom. The predicted octanol–water partition coefficient (Wildman–Crippen LogP) is 4.81. The van der Waals surface area contributed by atoms with E-state index in [1.165, 1.54) is 4.90 Å². The first-order valence-corrected chi connectivity index (χ1v) is 20.5. The van der Waals surface area contributed by atoms with Crippen LogP contribution in [0.2, 0.25) is 0 Å². The first-order valence-electron chi connectivity index (χ1n) is 20.5. The van der Waals surface area contributed by atoms with Gasteiger partial charge >= 0.3 is 12.2 Å². The average Bonchev–Trinajstić information content (AvgIpc) is 3.79. The predicted molar refractivity (Wildman–Crippen MR) is 227 cm³/mol. The first kappa shape index (κ1) is 46.2. The van der Waals surface area contributed by atoms with Gasteiger partial charge in [0.15, 0.2) is 5.82 Å². The Balaban J connectivity index is 0.00000235. The number of nitrogens with one attached hydrogen (secondary N) is 5. The number of rotatable bonds is 12. The molecule has 330 valence electrons. The largest absolute Gasteiger partial charge is 0.483 e. The molecule has 19 heteroatoms. The van der Waals surface area contributed by atoms with Crippen LogP contribution in [0.3, 0.4) is 0 Å². The van der Waals surface area contributed by atoms with E-state index >= 15 is 0 Å². The van der Waals surface area contributed by atoms with Gasteiger partial charge in [0, 0.05) is 61.0 Å². The summed E-state index contributed by atoms with van der Waals surface area (Å²) in [6.07, 6.45) is 4.35. The molecule has 6 rings (SSSR count). The second-order valence-corrected chi connectivity index (χ2v) is 16.4. The van der Waals surface area contributed by atoms with Gasteiger partial charge in [-0.15, -0.1) is 5.10 Å². The maximum Gasteiger partial charge on any atom is 0.407 e. The molecule has 19 nitrogen and oxygen atoms in total. The molecule has 4 aromatic rings. The Bertz CT molecular complexity index is 2140. The van der Waals surface area contributed by atoms with Crippen LogP contribution in [0.25, 0.3) is 22.5 Å². The first-order chi connectivity index (χ1) is 29.6. The van der Waals surface area contributed by atoms with Crippen LogP contribution < -0.4 is 21.3 Å². The summed E-state index contributed by atoms with van der Waals surface area (Å²) in [5.74, 6) is -0.418. The van der Waals surface area contributed by atoms with E-state index in [1.807, 2.05) is 52.0 Å². The lowest BCUT2D eigenvalue weighted by molar-refractivity contribution is -0.130. The summed E-state index contributed by atoms with van der Waals surface area (Å²) in [6, 6.07) is 15.5. The molecule has 2 aromatic carbocycles. The summed E-state index contributed by atoms with van der Waals surface area (Å²) in [5, 5.41) is 41.7. The molecule has 2 aromatic heterocycles. The SMILES string of the molecule is Cc1cc(C(=O)NC2CCN(C(=O)O)CC2)ncc1-c1ccc(C[C@H](NC(=O)[C@H]2CC[C@H](CNC(=O)OC(C)(C)C)CC2)C(=O)Nc2ccc(-c3nnn[nH]3)cc2)cc1.O=CO. The molecule has 7 N–H and O–H groups in total. The van der Waals surface area contributed by atoms with Crippen molar-refractivity contribution in [2.45, 2.75) is 90.3 Å². The van der Waals surface area contributed by atoms with E-state index in [0.29, 0.717) is 56.8 Å². The molecule has 3 heterocycles. The summed E-state index contributed by atoms with van der Waals surface area (Å²) < 4.78 is 5.35. The van der Waals surface area contributed by atoms with Gasteiger partial charge in [0.25, 0.3) is 12.4 Å². The minimum Gasteiger partial charge on any atom is -0.483 e. The zero-order chi connectivity index (χ0) is 44.8. The van der Waals surface area contributed by atoms with Crippen LogP contribution in [0.1, 0.15) is 80.9 Å². The number of amides is 5. The number of tetrazole rings is 1. The molecule has 1 saturated carbocycles. The highest BCUT2D eigenvalue weighted by Gasteiger charge is 2.31. The molecule has 0 radical (unpaired) electrons. The Morgan fingerprint density at radius 2 is 1.60 bits per heavy atom. The molecular formula is C43H54N10O9. The van der Waals surface area contributed by atoms with Gasteiger partial charge in [0.05, 0.1) is 0 Å². The molecule has 0 bridgehead atoms. The molecule has 1 saturated heterocycles. The molecule has 1 aliphatic heterocycles. The molecule has 1 atom stereocenters. The number of pyridine rings is 1. The van der Waals surface area contributed by atoms with Crippen LogP contribution >= 0.6 is 0 Å². The monoisotopic (exact) mass is 854 g/mol. The Kier molecular flexibility index (Phi) is 16.0. The molecule has 0 spiro atoms. The summed E-state index contributed by atoms with van der Waals surface area (Å²) in [7, 11) is 0. The zero-order valence-corrected chi connectivity index (χ0v) is 35.2. The normalized spacial score (nSPS) is 17.0. The minimum atomic E-state index is -0.953. The van der Waals surface area contributed by atoms with E-state index in [2.05, 4.69) is 46.9 Å². The van der Waals surface area contributed by atoms with E-state index in [0.717, 1.165) is 40.7 Å². The van der Waals surface area contributed by atoms with Crippen LogP contribution in [0, 0.1) is 18.8 Å². The minimum absolute atomic E-state index is 0.124. The number of anilines is 1. The molecule has 2 fully saturated rings. The lowest BCUT2D eigenvalue weighted by atomic mass is 9.81. The number of piperidine rings is 1. The van der Waals surface area contributed by atoms with Crippen molar-refractivity contribution in [2.24, 2.45) is 11.8 Å². The van der Waals surface area contributed by atoms with Crippen molar-refractivity contribution in [3.8, 4) is 22.5 Å². The van der Waals surface area contributed by atoms with Crippen molar-refractivity contribution in [3.05, 3.63) is 77.6 Å². The summed E-state index contributed by atoms with van der Waals surface area (Å²) in [6.45, 7) is 8.32. The molecule has 1 aliphatic carbocycles. The summed E-state index contributed by atoms with van der Waals surface area (Å²) >= 11 is 0. The number of hydrogen-bond donors (Lipinski definition) is 7. The average molecular weight is 855 g/mol. The van der Waals surface area contributed by atoms with Gasteiger partial charge in [-0.1, -0.05) is 24.3 Å². The van der Waals surface area contributed by atoms with Gasteiger partial charge in [-0.2, -0.15) is 0 Å².